The first-order valence-electron chi connectivity index (χ1n) is 1.37. The second-order valence-electron chi connectivity index (χ2n) is 1.01. The third-order valence-corrected chi connectivity index (χ3v) is 0. The molecule has 0 aliphatic carbocycles. The average Bonchev–Trinajstić information content (AvgIpc) is 0.811. The van der Waals surface area contributed by atoms with Gasteiger partial charge in [-0.25, -0.2) is 0 Å². The molecule has 0 aliphatic heterocycles. The van der Waals surface area contributed by atoms with Crippen LogP contribution in [0.2, 0.25) is 0 Å². The summed E-state index contributed by atoms with van der Waals surface area (Å²) in [4.78, 5) is 0. The number of rotatable bonds is 0. The van der Waals surface area contributed by atoms with Crippen molar-refractivity contribution in [1.82, 2.24) is 0 Å². The Kier molecular flexibility index (Phi) is 1.97. The molecule has 26 valence electrons. The van der Waals surface area contributed by atoms with Crippen molar-refractivity contribution in [2.24, 2.45) is 0 Å². The Bertz CT molecular complexity index is 10.8. The summed E-state index contributed by atoms with van der Waals surface area (Å²) in [5.74, 6) is 0. The summed E-state index contributed by atoms with van der Waals surface area (Å²) in [5, 5.41) is -0.479. The SMILES string of the molecule is C[CH](F)[GeH3]. The molecule has 0 bridgehead atoms. The van der Waals surface area contributed by atoms with Crippen LogP contribution in [0, 0.1) is 0 Å². The summed E-state index contributed by atoms with van der Waals surface area (Å²) in [6, 6.07) is 0. The van der Waals surface area contributed by atoms with Gasteiger partial charge in [0.2, 0.25) is 0 Å². The van der Waals surface area contributed by atoms with Gasteiger partial charge in [-0.1, -0.05) is 0 Å². The average molecular weight is 123 g/mol. The molecular formula is C2H7FGe. The van der Waals surface area contributed by atoms with Crippen LogP contribution in [0.1, 0.15) is 6.92 Å². The van der Waals surface area contributed by atoms with Crippen LogP contribution in [0.5, 0.6) is 0 Å². The van der Waals surface area contributed by atoms with Gasteiger partial charge in [-0.05, 0) is 0 Å². The molecule has 0 aromatic rings. The van der Waals surface area contributed by atoms with Gasteiger partial charge >= 0.3 is 32.8 Å². The van der Waals surface area contributed by atoms with Crippen LogP contribution in [-0.2, 0) is 0 Å². The molecule has 1 unspecified atom stereocenters. The third kappa shape index (κ3) is 24.0. The predicted molar refractivity (Wildman–Crippen MR) is 20.5 cm³/mol. The second-order valence-corrected chi connectivity index (χ2v) is 4.35. The second kappa shape index (κ2) is 1.76. The van der Waals surface area contributed by atoms with Crippen molar-refractivity contribution in [2.75, 3.05) is 0 Å². The van der Waals surface area contributed by atoms with Gasteiger partial charge in [0.25, 0.3) is 0 Å². The minimum absolute atomic E-state index is 0.396. The molecule has 4 heavy (non-hydrogen) atoms. The molecule has 0 spiro atoms. The molecule has 0 nitrogen and oxygen atoms in total. The number of hydrogen-bond donors (Lipinski definition) is 0. The molecular weight excluding hydrogens is 116 g/mol. The van der Waals surface area contributed by atoms with E-state index in [2.05, 4.69) is 0 Å². The van der Waals surface area contributed by atoms with E-state index in [1.54, 1.807) is 6.92 Å². The van der Waals surface area contributed by atoms with Gasteiger partial charge in [0.05, 0.1) is 0 Å². The molecule has 0 amide bonds. The molecule has 0 heterocycles. The van der Waals surface area contributed by atoms with E-state index >= 15 is 0 Å². The van der Waals surface area contributed by atoms with E-state index in [9.17, 15) is 4.39 Å². The number of alkyl halides is 1. The van der Waals surface area contributed by atoms with E-state index in [-0.39, 0.29) is 0 Å². The molecule has 0 aromatic heterocycles. The van der Waals surface area contributed by atoms with Crippen molar-refractivity contribution in [3.63, 3.8) is 0 Å². The van der Waals surface area contributed by atoms with E-state index in [0.29, 0.717) is 16.5 Å². The van der Waals surface area contributed by atoms with E-state index in [0.717, 1.165) is 0 Å². The summed E-state index contributed by atoms with van der Waals surface area (Å²) < 4.78 is 11.1. The first-order valence-corrected chi connectivity index (χ1v) is 3.80. The summed E-state index contributed by atoms with van der Waals surface area (Å²) in [5.41, 5.74) is 0. The van der Waals surface area contributed by atoms with Crippen molar-refractivity contribution in [2.45, 2.75) is 11.9 Å². The Labute approximate surface area is 33.6 Å². The number of halogens is 1. The van der Waals surface area contributed by atoms with Crippen molar-refractivity contribution in [1.29, 1.82) is 0 Å². The van der Waals surface area contributed by atoms with Crippen molar-refractivity contribution < 1.29 is 4.39 Å². The van der Waals surface area contributed by atoms with Gasteiger partial charge in [0, 0.05) is 0 Å². The van der Waals surface area contributed by atoms with Crippen molar-refractivity contribution in [3.8, 4) is 0 Å². The van der Waals surface area contributed by atoms with Crippen LogP contribution in [0.4, 0.5) is 4.39 Å². The Hall–Kier alpha value is 0.473. The van der Waals surface area contributed by atoms with Crippen LogP contribution in [0.3, 0.4) is 0 Å². The number of hydrogen-bond acceptors (Lipinski definition) is 0. The zero-order valence-corrected chi connectivity index (χ0v) is 7.15. The predicted octanol–water partition coefficient (Wildman–Crippen LogP) is -0.333. The summed E-state index contributed by atoms with van der Waals surface area (Å²) >= 11 is 0.396. The molecule has 0 aromatic carbocycles. The van der Waals surface area contributed by atoms with Crippen molar-refractivity contribution >= 4 is 16.5 Å². The molecule has 0 aliphatic rings. The topological polar surface area (TPSA) is 0 Å². The Morgan fingerprint density at radius 1 is 2.00 bits per heavy atom. The van der Waals surface area contributed by atoms with Crippen LogP contribution in [0.25, 0.3) is 0 Å². The zero-order valence-electron chi connectivity index (χ0n) is 2.96. The standard InChI is InChI=1S/C2H7FGe/c1-2(3)4/h2H,1,4H3. The first-order chi connectivity index (χ1) is 1.73. The monoisotopic (exact) mass is 124 g/mol. The zero-order chi connectivity index (χ0) is 3.58. The quantitative estimate of drug-likeness (QED) is 0.386. The van der Waals surface area contributed by atoms with E-state index in [1.807, 2.05) is 0 Å². The maximum absolute atomic E-state index is 11.1. The van der Waals surface area contributed by atoms with Gasteiger partial charge in [0.1, 0.15) is 0 Å². The van der Waals surface area contributed by atoms with E-state index < -0.39 is 5.00 Å². The van der Waals surface area contributed by atoms with Gasteiger partial charge in [0.15, 0.2) is 0 Å². The molecule has 2 heteroatoms. The van der Waals surface area contributed by atoms with Gasteiger partial charge in [-0.15, -0.1) is 0 Å². The normalized spacial score (nSPS) is 16.5. The molecule has 0 fully saturated rings. The molecule has 0 rings (SSSR count). The van der Waals surface area contributed by atoms with Crippen LogP contribution < -0.4 is 0 Å². The van der Waals surface area contributed by atoms with Crippen LogP contribution >= 0.6 is 0 Å². The van der Waals surface area contributed by atoms with Crippen LogP contribution in [0.15, 0.2) is 0 Å². The Balaban J connectivity index is 2.32. The van der Waals surface area contributed by atoms with Gasteiger partial charge in [-0.3, -0.25) is 0 Å². The molecule has 1 atom stereocenters. The third-order valence-electron chi connectivity index (χ3n) is 0. The summed E-state index contributed by atoms with van der Waals surface area (Å²) in [6.07, 6.45) is 0. The minimum atomic E-state index is -0.479. The molecule has 0 saturated carbocycles. The summed E-state index contributed by atoms with van der Waals surface area (Å²) in [6.45, 7) is 1.58. The molecule has 0 saturated heterocycles. The Morgan fingerprint density at radius 3 is 2.00 bits per heavy atom. The van der Waals surface area contributed by atoms with Crippen molar-refractivity contribution in [3.05, 3.63) is 0 Å². The fraction of sp³-hybridized carbons (Fsp3) is 1.00. The Morgan fingerprint density at radius 2 is 2.00 bits per heavy atom. The van der Waals surface area contributed by atoms with E-state index in [1.165, 1.54) is 0 Å². The van der Waals surface area contributed by atoms with E-state index in [4.69, 9.17) is 0 Å². The van der Waals surface area contributed by atoms with Crippen LogP contribution in [-0.4, -0.2) is 21.5 Å². The fourth-order valence-corrected chi connectivity index (χ4v) is 0. The fourth-order valence-electron chi connectivity index (χ4n) is 0. The summed E-state index contributed by atoms with van der Waals surface area (Å²) in [7, 11) is 0. The van der Waals surface area contributed by atoms with Gasteiger partial charge < -0.3 is 0 Å². The first kappa shape index (κ1) is 4.47. The maximum atomic E-state index is 11.1. The van der Waals surface area contributed by atoms with Gasteiger partial charge in [-0.2, -0.15) is 0 Å². The molecule has 0 radical (unpaired) electrons. The molecule has 0 N–H and O–H groups in total.